The third-order valence-corrected chi connectivity index (χ3v) is 6.40. The van der Waals surface area contributed by atoms with Crippen molar-refractivity contribution >= 4 is 22.1 Å². The van der Waals surface area contributed by atoms with Gasteiger partial charge in [0, 0.05) is 12.7 Å². The number of aromatic nitrogens is 1. The number of aryl methyl sites for hydroxylation is 1. The van der Waals surface area contributed by atoms with Gasteiger partial charge in [-0.1, -0.05) is 54.1 Å². The summed E-state index contributed by atoms with van der Waals surface area (Å²) in [6.07, 6.45) is 3.50. The van der Waals surface area contributed by atoms with Crippen LogP contribution in [0.5, 0.6) is 0 Å². The summed E-state index contributed by atoms with van der Waals surface area (Å²) in [5.41, 5.74) is 4.90. The first-order chi connectivity index (χ1) is 14.9. The van der Waals surface area contributed by atoms with Crippen LogP contribution in [0.25, 0.3) is 0 Å². The maximum absolute atomic E-state index is 13.2. The molecule has 3 aromatic rings. The number of rotatable bonds is 9. The van der Waals surface area contributed by atoms with Gasteiger partial charge in [-0.2, -0.15) is 9.41 Å². The highest BCUT2D eigenvalue weighted by Gasteiger charge is 2.26. The molecule has 7 nitrogen and oxygen atoms in total. The minimum atomic E-state index is -3.85. The lowest BCUT2D eigenvalue weighted by molar-refractivity contribution is -0.121. The second kappa shape index (κ2) is 10.6. The molecule has 0 saturated heterocycles. The zero-order valence-corrected chi connectivity index (χ0v) is 18.0. The first-order valence-corrected chi connectivity index (χ1v) is 11.2. The Morgan fingerprint density at radius 2 is 1.74 bits per heavy atom. The summed E-state index contributed by atoms with van der Waals surface area (Å²) in [5.74, 6) is -0.532. The van der Waals surface area contributed by atoms with Crippen LogP contribution in [0.1, 0.15) is 16.8 Å². The van der Waals surface area contributed by atoms with E-state index >= 15 is 0 Å². The highest BCUT2D eigenvalue weighted by molar-refractivity contribution is 7.89. The second-order valence-corrected chi connectivity index (χ2v) is 8.87. The van der Waals surface area contributed by atoms with Crippen LogP contribution in [-0.4, -0.2) is 42.9 Å². The van der Waals surface area contributed by atoms with Gasteiger partial charge in [0.25, 0.3) is 5.91 Å². The fraction of sp³-hybridized carbons (Fsp3) is 0.174. The van der Waals surface area contributed by atoms with Gasteiger partial charge in [-0.15, -0.1) is 0 Å². The Bertz CT molecular complexity index is 1120. The third-order valence-electron chi connectivity index (χ3n) is 4.55. The normalized spacial score (nSPS) is 11.7. The highest BCUT2D eigenvalue weighted by atomic mass is 32.2. The van der Waals surface area contributed by atoms with E-state index in [1.807, 2.05) is 37.3 Å². The van der Waals surface area contributed by atoms with Crippen molar-refractivity contribution in [3.8, 4) is 0 Å². The number of nitrogens with one attached hydrogen (secondary N) is 1. The van der Waals surface area contributed by atoms with E-state index in [-0.39, 0.29) is 18.0 Å². The minimum absolute atomic E-state index is 0.149. The Labute approximate surface area is 182 Å². The molecule has 0 saturated carbocycles. The lowest BCUT2D eigenvalue weighted by atomic mass is 10.1. The fourth-order valence-corrected chi connectivity index (χ4v) is 4.26. The summed E-state index contributed by atoms with van der Waals surface area (Å²) in [7, 11) is -3.85. The Morgan fingerprint density at radius 1 is 1.03 bits per heavy atom. The summed E-state index contributed by atoms with van der Waals surface area (Å²) in [6.45, 7) is 1.71. The van der Waals surface area contributed by atoms with Crippen LogP contribution in [0.4, 0.5) is 0 Å². The summed E-state index contributed by atoms with van der Waals surface area (Å²) in [4.78, 5) is 16.7. The van der Waals surface area contributed by atoms with Crippen molar-refractivity contribution in [2.24, 2.45) is 5.10 Å². The fourth-order valence-electron chi connectivity index (χ4n) is 2.86. The lowest BCUT2D eigenvalue weighted by Gasteiger charge is -2.21. The van der Waals surface area contributed by atoms with Crippen LogP contribution in [0.2, 0.25) is 0 Å². The van der Waals surface area contributed by atoms with Gasteiger partial charge >= 0.3 is 0 Å². The Balaban J connectivity index is 1.73. The Morgan fingerprint density at radius 3 is 2.42 bits per heavy atom. The summed E-state index contributed by atoms with van der Waals surface area (Å²) < 4.78 is 27.6. The zero-order chi connectivity index (χ0) is 22.1. The Hall–Kier alpha value is -3.36. The first-order valence-electron chi connectivity index (χ1n) is 9.79. The number of carbonyl (C=O) groups excluding carboxylic acids is 1. The molecule has 0 fully saturated rings. The van der Waals surface area contributed by atoms with E-state index < -0.39 is 15.9 Å². The maximum atomic E-state index is 13.2. The smallest absolute Gasteiger partial charge is 0.255 e. The van der Waals surface area contributed by atoms with Crippen molar-refractivity contribution in [1.82, 2.24) is 14.7 Å². The predicted octanol–water partition coefficient (Wildman–Crippen LogP) is 2.77. The number of amides is 1. The van der Waals surface area contributed by atoms with E-state index in [1.54, 1.807) is 48.7 Å². The number of sulfonamides is 1. The van der Waals surface area contributed by atoms with Gasteiger partial charge in [0.1, 0.15) is 0 Å². The maximum Gasteiger partial charge on any atom is 0.255 e. The van der Waals surface area contributed by atoms with Crippen molar-refractivity contribution in [2.75, 3.05) is 13.1 Å². The SMILES string of the molecule is Cc1ccc(S(=O)(=O)N(CCc2ccccc2)CC(=O)NN=Cc2ccccn2)cc1. The van der Waals surface area contributed by atoms with Gasteiger partial charge in [0.2, 0.25) is 10.0 Å². The van der Waals surface area contributed by atoms with Crippen molar-refractivity contribution in [3.05, 3.63) is 95.8 Å². The molecule has 0 unspecified atom stereocenters. The monoisotopic (exact) mass is 436 g/mol. The van der Waals surface area contributed by atoms with E-state index in [0.717, 1.165) is 11.1 Å². The number of benzene rings is 2. The number of hydrogen-bond acceptors (Lipinski definition) is 5. The van der Waals surface area contributed by atoms with Crippen LogP contribution >= 0.6 is 0 Å². The Kier molecular flexibility index (Phi) is 7.64. The minimum Gasteiger partial charge on any atom is -0.272 e. The molecule has 0 aliphatic carbocycles. The van der Waals surface area contributed by atoms with Crippen molar-refractivity contribution < 1.29 is 13.2 Å². The molecule has 1 heterocycles. The van der Waals surface area contributed by atoms with Crippen LogP contribution < -0.4 is 5.43 Å². The molecule has 0 aliphatic heterocycles. The van der Waals surface area contributed by atoms with Crippen LogP contribution in [0.3, 0.4) is 0 Å². The first kappa shape index (κ1) is 22.3. The molecule has 2 aromatic carbocycles. The zero-order valence-electron chi connectivity index (χ0n) is 17.2. The van der Waals surface area contributed by atoms with E-state index in [1.165, 1.54) is 10.5 Å². The molecule has 8 heteroatoms. The molecule has 0 atom stereocenters. The molecular weight excluding hydrogens is 412 g/mol. The second-order valence-electron chi connectivity index (χ2n) is 6.94. The molecule has 31 heavy (non-hydrogen) atoms. The predicted molar refractivity (Wildman–Crippen MR) is 120 cm³/mol. The van der Waals surface area contributed by atoms with E-state index in [9.17, 15) is 13.2 Å². The quantitative estimate of drug-likeness (QED) is 0.412. The number of carbonyl (C=O) groups is 1. The molecule has 1 aromatic heterocycles. The van der Waals surface area contributed by atoms with E-state index in [0.29, 0.717) is 12.1 Å². The molecule has 0 aliphatic rings. The number of pyridine rings is 1. The van der Waals surface area contributed by atoms with Crippen LogP contribution in [-0.2, 0) is 21.2 Å². The van der Waals surface area contributed by atoms with E-state index in [4.69, 9.17) is 0 Å². The largest absolute Gasteiger partial charge is 0.272 e. The number of nitrogens with zero attached hydrogens (tertiary/aromatic N) is 3. The average Bonchev–Trinajstić information content (AvgIpc) is 2.78. The van der Waals surface area contributed by atoms with Gasteiger partial charge in [0.05, 0.1) is 23.3 Å². The summed E-state index contributed by atoms with van der Waals surface area (Å²) in [6, 6.07) is 21.4. The van der Waals surface area contributed by atoms with Crippen molar-refractivity contribution in [2.45, 2.75) is 18.2 Å². The van der Waals surface area contributed by atoms with Crippen molar-refractivity contribution in [3.63, 3.8) is 0 Å². The lowest BCUT2D eigenvalue weighted by Crippen LogP contribution is -2.40. The topological polar surface area (TPSA) is 91.7 Å². The molecule has 0 bridgehead atoms. The average molecular weight is 437 g/mol. The van der Waals surface area contributed by atoms with Crippen molar-refractivity contribution in [1.29, 1.82) is 0 Å². The molecule has 0 spiro atoms. The molecule has 3 rings (SSSR count). The van der Waals surface area contributed by atoms with Crippen LogP contribution in [0, 0.1) is 6.92 Å². The number of hydrazone groups is 1. The highest BCUT2D eigenvalue weighted by Crippen LogP contribution is 2.17. The number of hydrogen-bond donors (Lipinski definition) is 1. The molecule has 160 valence electrons. The summed E-state index contributed by atoms with van der Waals surface area (Å²) >= 11 is 0. The van der Waals surface area contributed by atoms with Gasteiger partial charge < -0.3 is 0 Å². The molecule has 0 radical (unpaired) electrons. The van der Waals surface area contributed by atoms with Gasteiger partial charge in [-0.05, 0) is 43.2 Å². The molecule has 1 amide bonds. The standard InChI is InChI=1S/C23H24N4O3S/c1-19-10-12-22(13-11-19)31(29,30)27(16-14-20-7-3-2-4-8-20)18-23(28)26-25-17-21-9-5-6-15-24-21/h2-13,15,17H,14,16,18H2,1H3,(H,26,28). The molecule has 1 N–H and O–H groups in total. The molecular formula is C23H24N4O3S. The van der Waals surface area contributed by atoms with Gasteiger partial charge in [-0.25, -0.2) is 13.8 Å². The van der Waals surface area contributed by atoms with Gasteiger partial charge in [-0.3, -0.25) is 9.78 Å². The third kappa shape index (κ3) is 6.56. The van der Waals surface area contributed by atoms with Gasteiger partial charge in [0.15, 0.2) is 0 Å². The van der Waals surface area contributed by atoms with Crippen LogP contribution in [0.15, 0.2) is 89.0 Å². The van der Waals surface area contributed by atoms with E-state index in [2.05, 4.69) is 15.5 Å². The summed E-state index contributed by atoms with van der Waals surface area (Å²) in [5, 5.41) is 3.87.